The first-order valence-electron chi connectivity index (χ1n) is 6.62. The number of carbonyl (C=O) groups excluding carboxylic acids is 2. The van der Waals surface area contributed by atoms with Crippen LogP contribution >= 0.6 is 0 Å². The zero-order chi connectivity index (χ0) is 14.2. The molecular formula is C13H27N3O2. The molecule has 0 heterocycles. The number of hydrogen-bond donors (Lipinski definition) is 3. The van der Waals surface area contributed by atoms with E-state index in [2.05, 4.69) is 10.6 Å². The third kappa shape index (κ3) is 8.06. The van der Waals surface area contributed by atoms with Gasteiger partial charge in [-0.3, -0.25) is 9.59 Å². The van der Waals surface area contributed by atoms with Gasteiger partial charge in [0, 0.05) is 12.0 Å². The molecule has 4 N–H and O–H groups in total. The fraction of sp³-hybridized carbons (Fsp3) is 0.846. The fourth-order valence-corrected chi connectivity index (χ4v) is 1.37. The average Bonchev–Trinajstić information content (AvgIpc) is 2.27. The van der Waals surface area contributed by atoms with Gasteiger partial charge < -0.3 is 16.4 Å². The maximum Gasteiger partial charge on any atom is 0.237 e. The van der Waals surface area contributed by atoms with Crippen LogP contribution in [0.2, 0.25) is 0 Å². The molecule has 0 aromatic heterocycles. The standard InChI is InChI=1S/C13H27N3O2/c1-5-13(3,4)16-12(18)10(2)15-9-7-6-8-11(14)17/h10,15H,5-9H2,1-4H3,(H2,14,17)(H,16,18). The largest absolute Gasteiger partial charge is 0.370 e. The Morgan fingerprint density at radius 1 is 1.28 bits per heavy atom. The summed E-state index contributed by atoms with van der Waals surface area (Å²) in [5.41, 5.74) is 4.88. The number of nitrogens with one attached hydrogen (secondary N) is 2. The molecule has 0 aliphatic heterocycles. The Bertz CT molecular complexity index is 277. The smallest absolute Gasteiger partial charge is 0.237 e. The van der Waals surface area contributed by atoms with E-state index in [1.165, 1.54) is 0 Å². The molecule has 0 aromatic rings. The number of rotatable bonds is 9. The molecule has 0 saturated carbocycles. The Morgan fingerprint density at radius 2 is 1.89 bits per heavy atom. The van der Waals surface area contributed by atoms with Crippen molar-refractivity contribution in [2.75, 3.05) is 6.54 Å². The zero-order valence-corrected chi connectivity index (χ0v) is 12.0. The number of amides is 2. The van der Waals surface area contributed by atoms with Crippen molar-refractivity contribution in [3.8, 4) is 0 Å². The first-order valence-corrected chi connectivity index (χ1v) is 6.62. The molecule has 106 valence electrons. The van der Waals surface area contributed by atoms with Gasteiger partial charge in [-0.15, -0.1) is 0 Å². The van der Waals surface area contributed by atoms with Crippen LogP contribution in [0, 0.1) is 0 Å². The van der Waals surface area contributed by atoms with Gasteiger partial charge >= 0.3 is 0 Å². The summed E-state index contributed by atoms with van der Waals surface area (Å²) in [6.07, 6.45) is 2.91. The number of nitrogens with two attached hydrogens (primary N) is 1. The van der Waals surface area contributed by atoms with Crippen molar-refractivity contribution in [1.82, 2.24) is 10.6 Å². The minimum atomic E-state index is -0.273. The molecule has 0 aliphatic rings. The summed E-state index contributed by atoms with van der Waals surface area (Å²) in [6.45, 7) is 8.61. The quantitative estimate of drug-likeness (QED) is 0.537. The van der Waals surface area contributed by atoms with Gasteiger partial charge in [-0.05, 0) is 46.6 Å². The van der Waals surface area contributed by atoms with Crippen molar-refractivity contribution >= 4 is 11.8 Å². The van der Waals surface area contributed by atoms with E-state index in [1.54, 1.807) is 0 Å². The summed E-state index contributed by atoms with van der Waals surface area (Å²) in [5, 5.41) is 6.13. The van der Waals surface area contributed by atoms with Crippen LogP contribution in [0.5, 0.6) is 0 Å². The lowest BCUT2D eigenvalue weighted by molar-refractivity contribution is -0.124. The van der Waals surface area contributed by atoms with Gasteiger partial charge in [-0.1, -0.05) is 6.92 Å². The van der Waals surface area contributed by atoms with Gasteiger partial charge in [0.2, 0.25) is 11.8 Å². The fourth-order valence-electron chi connectivity index (χ4n) is 1.37. The molecule has 0 radical (unpaired) electrons. The third-order valence-corrected chi connectivity index (χ3v) is 3.04. The minimum Gasteiger partial charge on any atom is -0.370 e. The molecule has 1 unspecified atom stereocenters. The summed E-state index contributed by atoms with van der Waals surface area (Å²) in [5.74, 6) is -0.262. The van der Waals surface area contributed by atoms with Crippen molar-refractivity contribution in [3.63, 3.8) is 0 Å². The van der Waals surface area contributed by atoms with Crippen LogP contribution in [0.4, 0.5) is 0 Å². The molecule has 5 heteroatoms. The van der Waals surface area contributed by atoms with E-state index in [0.717, 1.165) is 19.3 Å². The molecule has 18 heavy (non-hydrogen) atoms. The van der Waals surface area contributed by atoms with Gasteiger partial charge in [-0.25, -0.2) is 0 Å². The molecule has 0 aromatic carbocycles. The Kier molecular flexibility index (Phi) is 7.59. The highest BCUT2D eigenvalue weighted by atomic mass is 16.2. The highest BCUT2D eigenvalue weighted by Crippen LogP contribution is 2.06. The number of carbonyl (C=O) groups is 2. The molecular weight excluding hydrogens is 230 g/mol. The predicted octanol–water partition coefficient (Wildman–Crippen LogP) is 0.925. The van der Waals surface area contributed by atoms with Gasteiger partial charge in [0.15, 0.2) is 0 Å². The second-order valence-electron chi connectivity index (χ2n) is 5.33. The Morgan fingerprint density at radius 3 is 2.39 bits per heavy atom. The first kappa shape index (κ1) is 16.9. The molecule has 0 saturated heterocycles. The van der Waals surface area contributed by atoms with Crippen molar-refractivity contribution in [2.45, 2.75) is 65.0 Å². The van der Waals surface area contributed by atoms with Crippen molar-refractivity contribution in [3.05, 3.63) is 0 Å². The van der Waals surface area contributed by atoms with Gasteiger partial charge in [0.25, 0.3) is 0 Å². The van der Waals surface area contributed by atoms with Crippen LogP contribution in [0.15, 0.2) is 0 Å². The summed E-state index contributed by atoms with van der Waals surface area (Å²) < 4.78 is 0. The molecule has 1 atom stereocenters. The lowest BCUT2D eigenvalue weighted by Crippen LogP contribution is -2.50. The van der Waals surface area contributed by atoms with E-state index in [1.807, 2.05) is 27.7 Å². The van der Waals surface area contributed by atoms with E-state index in [9.17, 15) is 9.59 Å². The maximum absolute atomic E-state index is 11.8. The highest BCUT2D eigenvalue weighted by Gasteiger charge is 2.21. The molecule has 5 nitrogen and oxygen atoms in total. The third-order valence-electron chi connectivity index (χ3n) is 3.04. The average molecular weight is 257 g/mol. The number of unbranched alkanes of at least 4 members (excludes halogenated alkanes) is 1. The van der Waals surface area contributed by atoms with Crippen molar-refractivity contribution in [2.24, 2.45) is 5.73 Å². The second kappa shape index (κ2) is 8.08. The van der Waals surface area contributed by atoms with Gasteiger partial charge in [-0.2, -0.15) is 0 Å². The second-order valence-corrected chi connectivity index (χ2v) is 5.33. The Hall–Kier alpha value is -1.10. The molecule has 0 aliphatic carbocycles. The van der Waals surface area contributed by atoms with E-state index in [-0.39, 0.29) is 23.4 Å². The highest BCUT2D eigenvalue weighted by molar-refractivity contribution is 5.81. The van der Waals surface area contributed by atoms with E-state index >= 15 is 0 Å². The first-order chi connectivity index (χ1) is 8.28. The normalized spacial score (nSPS) is 13.1. The summed E-state index contributed by atoms with van der Waals surface area (Å²) in [6, 6.07) is -0.218. The van der Waals surface area contributed by atoms with Crippen LogP contribution in [-0.4, -0.2) is 29.9 Å². The summed E-state index contributed by atoms with van der Waals surface area (Å²) in [7, 11) is 0. The van der Waals surface area contributed by atoms with E-state index in [4.69, 9.17) is 5.73 Å². The molecule has 2 amide bonds. The lowest BCUT2D eigenvalue weighted by atomic mass is 10.0. The predicted molar refractivity (Wildman–Crippen MR) is 73.0 cm³/mol. The molecule has 0 spiro atoms. The zero-order valence-electron chi connectivity index (χ0n) is 12.0. The van der Waals surface area contributed by atoms with Gasteiger partial charge in [0.1, 0.15) is 0 Å². The maximum atomic E-state index is 11.8. The van der Waals surface area contributed by atoms with Crippen LogP contribution in [0.3, 0.4) is 0 Å². The Labute approximate surface area is 110 Å². The molecule has 0 rings (SSSR count). The SMILES string of the molecule is CCC(C)(C)NC(=O)C(C)NCCCCC(N)=O. The molecule has 0 fully saturated rings. The number of hydrogen-bond acceptors (Lipinski definition) is 3. The van der Waals surface area contributed by atoms with E-state index in [0.29, 0.717) is 13.0 Å². The van der Waals surface area contributed by atoms with Gasteiger partial charge in [0.05, 0.1) is 6.04 Å². The van der Waals surface area contributed by atoms with Crippen LogP contribution in [0.25, 0.3) is 0 Å². The number of primary amides is 1. The van der Waals surface area contributed by atoms with Crippen LogP contribution in [0.1, 0.15) is 53.4 Å². The van der Waals surface area contributed by atoms with Crippen molar-refractivity contribution < 1.29 is 9.59 Å². The summed E-state index contributed by atoms with van der Waals surface area (Å²) in [4.78, 5) is 22.4. The van der Waals surface area contributed by atoms with Crippen molar-refractivity contribution in [1.29, 1.82) is 0 Å². The van der Waals surface area contributed by atoms with E-state index < -0.39 is 0 Å². The monoisotopic (exact) mass is 257 g/mol. The summed E-state index contributed by atoms with van der Waals surface area (Å²) >= 11 is 0. The lowest BCUT2D eigenvalue weighted by Gasteiger charge is -2.26. The minimum absolute atomic E-state index is 0.0109. The molecule has 0 bridgehead atoms. The van der Waals surface area contributed by atoms with Crippen LogP contribution in [-0.2, 0) is 9.59 Å². The van der Waals surface area contributed by atoms with Crippen LogP contribution < -0.4 is 16.4 Å². The Balaban J connectivity index is 3.78. The topological polar surface area (TPSA) is 84.2 Å².